The average Bonchev–Trinajstić information content (AvgIpc) is 2.78. The minimum atomic E-state index is -4.51. The van der Waals surface area contributed by atoms with Crippen LogP contribution in [0.1, 0.15) is 84.0 Å². The maximum absolute atomic E-state index is 11.7. The number of aliphatic hydroxyl groups is 1. The van der Waals surface area contributed by atoms with E-state index < -0.39 is 26.5 Å². The summed E-state index contributed by atoms with van der Waals surface area (Å²) in [5, 5.41) is 9.76. The van der Waals surface area contributed by atoms with Crippen molar-refractivity contribution in [2.45, 2.75) is 90.1 Å². The maximum atomic E-state index is 11.7. The number of rotatable bonds is 23. The third-order valence-electron chi connectivity index (χ3n) is 5.31. The number of carbonyl (C=O) groups excluding carboxylic acids is 1. The molecule has 0 saturated carbocycles. The molecule has 0 bridgehead atoms. The molecule has 206 valence electrons. The van der Waals surface area contributed by atoms with Crippen molar-refractivity contribution in [1.82, 2.24) is 0 Å². The smallest absolute Gasteiger partial charge is 0.330 e. The van der Waals surface area contributed by atoms with Crippen molar-refractivity contribution in [3.63, 3.8) is 0 Å². The number of aliphatic hydroxyl groups excluding tert-OH is 1. The Morgan fingerprint density at radius 3 is 2.06 bits per heavy atom. The summed E-state index contributed by atoms with van der Waals surface area (Å²) in [5.74, 6) is -0.618. The van der Waals surface area contributed by atoms with Gasteiger partial charge in [0.1, 0.15) is 25.9 Å². The number of likely N-dealkylation sites (N-methyl/N-ethyl adjacent to an activating group) is 1. The average molecular weight is 520 g/mol. The van der Waals surface area contributed by atoms with Crippen LogP contribution in [0.5, 0.6) is 0 Å². The van der Waals surface area contributed by atoms with Crippen molar-refractivity contribution in [2.24, 2.45) is 0 Å². The van der Waals surface area contributed by atoms with Gasteiger partial charge in [0.25, 0.3) is 7.82 Å². The second-order valence-corrected chi connectivity index (χ2v) is 11.4. The lowest BCUT2D eigenvalue weighted by atomic mass is 10.1. The number of phosphoric acid groups is 1. The SMILES string of the molecule is CCCCCCCCCCCCC/C=C/C=C/C(=O)OC[C@H](O)COP(=O)([O-])OCC[N+](C)(C)C. The van der Waals surface area contributed by atoms with Crippen molar-refractivity contribution < 1.29 is 37.6 Å². The summed E-state index contributed by atoms with van der Waals surface area (Å²) in [6.07, 6.45) is 20.8. The Hall–Kier alpha value is -1.02. The number of hydrogen-bond acceptors (Lipinski definition) is 7. The van der Waals surface area contributed by atoms with Gasteiger partial charge in [0.05, 0.1) is 27.7 Å². The first-order valence-electron chi connectivity index (χ1n) is 13.1. The zero-order valence-electron chi connectivity index (χ0n) is 22.5. The van der Waals surface area contributed by atoms with Crippen LogP contribution in [0.4, 0.5) is 0 Å². The predicted octanol–water partition coefficient (Wildman–Crippen LogP) is 4.91. The van der Waals surface area contributed by atoms with Gasteiger partial charge in [-0.05, 0) is 12.8 Å². The number of hydrogen-bond donors (Lipinski definition) is 1. The van der Waals surface area contributed by atoms with Crippen molar-refractivity contribution in [3.8, 4) is 0 Å². The highest BCUT2D eigenvalue weighted by molar-refractivity contribution is 7.45. The number of esters is 1. The Morgan fingerprint density at radius 2 is 1.49 bits per heavy atom. The lowest BCUT2D eigenvalue weighted by molar-refractivity contribution is -0.870. The summed E-state index contributed by atoms with van der Waals surface area (Å²) >= 11 is 0. The van der Waals surface area contributed by atoms with Crippen LogP contribution in [0.25, 0.3) is 0 Å². The number of carbonyl (C=O) groups is 1. The lowest BCUT2D eigenvalue weighted by Crippen LogP contribution is -2.37. The summed E-state index contributed by atoms with van der Waals surface area (Å²) < 4.78 is 26.5. The van der Waals surface area contributed by atoms with Crippen LogP contribution in [0.2, 0.25) is 0 Å². The predicted molar refractivity (Wildman–Crippen MR) is 139 cm³/mol. The number of quaternary nitrogens is 1. The summed E-state index contributed by atoms with van der Waals surface area (Å²) in [7, 11) is 1.20. The van der Waals surface area contributed by atoms with E-state index in [1.165, 1.54) is 70.3 Å². The van der Waals surface area contributed by atoms with Crippen LogP contribution in [0.15, 0.2) is 24.3 Å². The molecule has 0 saturated heterocycles. The van der Waals surface area contributed by atoms with E-state index in [2.05, 4.69) is 11.4 Å². The minimum absolute atomic E-state index is 0.0209. The van der Waals surface area contributed by atoms with Gasteiger partial charge in [0.2, 0.25) is 0 Å². The fraction of sp³-hybridized carbons (Fsp3) is 0.808. The van der Waals surface area contributed by atoms with Gasteiger partial charge in [-0.15, -0.1) is 0 Å². The molecule has 0 spiro atoms. The Kier molecular flexibility index (Phi) is 20.5. The number of nitrogens with zero attached hydrogens (tertiary/aromatic N) is 1. The molecule has 0 aliphatic rings. The first-order chi connectivity index (χ1) is 16.6. The van der Waals surface area contributed by atoms with Crippen molar-refractivity contribution in [3.05, 3.63) is 24.3 Å². The summed E-state index contributed by atoms with van der Waals surface area (Å²) in [4.78, 5) is 23.3. The Bertz CT molecular complexity index is 632. The fourth-order valence-corrected chi connectivity index (χ4v) is 3.89. The van der Waals surface area contributed by atoms with Gasteiger partial charge < -0.3 is 28.3 Å². The van der Waals surface area contributed by atoms with Gasteiger partial charge in [-0.2, -0.15) is 0 Å². The second kappa shape index (κ2) is 21.1. The van der Waals surface area contributed by atoms with E-state index in [0.29, 0.717) is 11.0 Å². The van der Waals surface area contributed by atoms with E-state index >= 15 is 0 Å². The van der Waals surface area contributed by atoms with E-state index in [4.69, 9.17) is 9.26 Å². The topological polar surface area (TPSA) is 105 Å². The Balaban J connectivity index is 3.72. The molecular formula is C26H50NO7P. The first kappa shape index (κ1) is 34.0. The van der Waals surface area contributed by atoms with Crippen LogP contribution in [0, 0.1) is 0 Å². The van der Waals surface area contributed by atoms with Gasteiger partial charge in [-0.1, -0.05) is 89.4 Å². The number of phosphoric ester groups is 1. The van der Waals surface area contributed by atoms with Gasteiger partial charge in [0, 0.05) is 6.08 Å². The summed E-state index contributed by atoms with van der Waals surface area (Å²) in [6.45, 7) is 1.80. The molecule has 2 atom stereocenters. The molecule has 1 unspecified atom stereocenters. The number of unbranched alkanes of at least 4 members (excludes halogenated alkanes) is 11. The molecule has 0 heterocycles. The van der Waals surface area contributed by atoms with E-state index in [1.54, 1.807) is 12.2 Å². The normalized spacial score (nSPS) is 15.0. The number of allylic oxidation sites excluding steroid dienone is 3. The minimum Gasteiger partial charge on any atom is -0.756 e. The molecule has 1 N–H and O–H groups in total. The quantitative estimate of drug-likeness (QED) is 0.0511. The highest BCUT2D eigenvalue weighted by Crippen LogP contribution is 2.38. The van der Waals surface area contributed by atoms with Gasteiger partial charge in [-0.25, -0.2) is 4.79 Å². The van der Waals surface area contributed by atoms with Crippen LogP contribution < -0.4 is 4.89 Å². The van der Waals surface area contributed by atoms with Crippen molar-refractivity contribution >= 4 is 13.8 Å². The Morgan fingerprint density at radius 1 is 0.914 bits per heavy atom. The van der Waals surface area contributed by atoms with E-state index in [-0.39, 0.29) is 13.2 Å². The molecule has 0 fully saturated rings. The van der Waals surface area contributed by atoms with E-state index in [9.17, 15) is 19.4 Å². The van der Waals surface area contributed by atoms with Gasteiger partial charge in [0.15, 0.2) is 0 Å². The molecule has 0 aliphatic carbocycles. The monoisotopic (exact) mass is 519 g/mol. The maximum Gasteiger partial charge on any atom is 0.330 e. The molecule has 8 nitrogen and oxygen atoms in total. The molecule has 35 heavy (non-hydrogen) atoms. The molecule has 0 rings (SSSR count). The van der Waals surface area contributed by atoms with Crippen LogP contribution in [0.3, 0.4) is 0 Å². The van der Waals surface area contributed by atoms with Crippen molar-refractivity contribution in [1.29, 1.82) is 0 Å². The van der Waals surface area contributed by atoms with Gasteiger partial charge >= 0.3 is 5.97 Å². The zero-order chi connectivity index (χ0) is 26.4. The third-order valence-corrected chi connectivity index (χ3v) is 6.27. The summed E-state index contributed by atoms with van der Waals surface area (Å²) in [6, 6.07) is 0. The lowest BCUT2D eigenvalue weighted by Gasteiger charge is -2.27. The van der Waals surface area contributed by atoms with Crippen molar-refractivity contribution in [2.75, 3.05) is 47.5 Å². The largest absolute Gasteiger partial charge is 0.756 e. The first-order valence-corrected chi connectivity index (χ1v) is 14.6. The highest BCUT2D eigenvalue weighted by atomic mass is 31.2. The molecule has 0 aromatic heterocycles. The van der Waals surface area contributed by atoms with Crippen LogP contribution in [-0.2, 0) is 23.1 Å². The highest BCUT2D eigenvalue weighted by Gasteiger charge is 2.16. The standard InChI is InChI=1S/C26H50NO7P/c1-5-6-7-8-9-10-11-12-13-14-15-16-17-18-19-20-26(29)32-23-25(28)24-34-35(30,31)33-22-21-27(2,3)4/h17-20,25,28H,5-16,21-24H2,1-4H3/b18-17+,20-19+/t25-/m0/s1. The Labute approximate surface area is 213 Å². The molecule has 0 amide bonds. The molecule has 0 radical (unpaired) electrons. The second-order valence-electron chi connectivity index (χ2n) is 9.99. The van der Waals surface area contributed by atoms with Crippen LogP contribution in [-0.4, -0.2) is 69.2 Å². The molecule has 9 heteroatoms. The zero-order valence-corrected chi connectivity index (χ0v) is 23.4. The van der Waals surface area contributed by atoms with E-state index in [1.807, 2.05) is 27.2 Å². The number of ether oxygens (including phenoxy) is 1. The molecular weight excluding hydrogens is 469 g/mol. The molecule has 0 aromatic carbocycles. The fourth-order valence-electron chi connectivity index (χ4n) is 3.15. The molecule has 0 aromatic rings. The van der Waals surface area contributed by atoms with E-state index in [0.717, 1.165) is 12.8 Å². The molecule has 0 aliphatic heterocycles. The summed E-state index contributed by atoms with van der Waals surface area (Å²) in [5.41, 5.74) is 0. The van der Waals surface area contributed by atoms with Crippen LogP contribution >= 0.6 is 7.82 Å². The van der Waals surface area contributed by atoms with Gasteiger partial charge in [-0.3, -0.25) is 4.57 Å². The third kappa shape index (κ3) is 25.9.